The molecule has 1 aliphatic heterocycles. The summed E-state index contributed by atoms with van der Waals surface area (Å²) in [7, 11) is 0. The lowest BCUT2D eigenvalue weighted by atomic mass is 9.98. The van der Waals surface area contributed by atoms with E-state index >= 15 is 0 Å². The monoisotopic (exact) mass is 223 g/mol. The van der Waals surface area contributed by atoms with E-state index in [-0.39, 0.29) is 11.7 Å². The summed E-state index contributed by atoms with van der Waals surface area (Å²) in [5.74, 6) is 0. The van der Waals surface area contributed by atoms with E-state index in [0.717, 1.165) is 13.1 Å². The maximum Gasteiger partial charge on any atom is 0.0965 e. The Kier molecular flexibility index (Phi) is 2.54. The van der Waals surface area contributed by atoms with E-state index in [0.29, 0.717) is 0 Å². The van der Waals surface area contributed by atoms with Crippen LogP contribution < -0.4 is 5.32 Å². The van der Waals surface area contributed by atoms with E-state index in [9.17, 15) is 0 Å². The minimum atomic E-state index is 0.158. The van der Waals surface area contributed by atoms with Crippen LogP contribution in [0.3, 0.4) is 0 Å². The van der Waals surface area contributed by atoms with E-state index in [2.05, 4.69) is 22.1 Å². The largest absolute Gasteiger partial charge is 0.364 e. The molecule has 1 aromatic rings. The summed E-state index contributed by atoms with van der Waals surface area (Å²) in [4.78, 5) is 0. The standard InChI is InChI=1S/C12H17NOS/c1-2-5-12(4-1)9-13-7-11(14-12)10-3-6-15-8-10/h3,6,8,11,13H,1-2,4-5,7,9H2. The van der Waals surface area contributed by atoms with Crippen molar-refractivity contribution in [3.8, 4) is 0 Å². The predicted molar refractivity (Wildman–Crippen MR) is 62.2 cm³/mol. The smallest absolute Gasteiger partial charge is 0.0965 e. The van der Waals surface area contributed by atoms with Crippen molar-refractivity contribution in [2.75, 3.05) is 13.1 Å². The summed E-state index contributed by atoms with van der Waals surface area (Å²) in [5, 5.41) is 7.88. The van der Waals surface area contributed by atoms with Crippen molar-refractivity contribution in [3.05, 3.63) is 22.4 Å². The number of thiophene rings is 1. The molecule has 3 rings (SSSR count). The van der Waals surface area contributed by atoms with Gasteiger partial charge >= 0.3 is 0 Å². The molecule has 1 N–H and O–H groups in total. The summed E-state index contributed by atoms with van der Waals surface area (Å²) in [5.41, 5.74) is 1.50. The van der Waals surface area contributed by atoms with Gasteiger partial charge in [0.1, 0.15) is 0 Å². The van der Waals surface area contributed by atoms with Gasteiger partial charge in [0.15, 0.2) is 0 Å². The molecule has 0 radical (unpaired) electrons. The minimum absolute atomic E-state index is 0.158. The van der Waals surface area contributed by atoms with Crippen LogP contribution in [0.1, 0.15) is 37.4 Å². The average Bonchev–Trinajstić information content (AvgIpc) is 2.89. The van der Waals surface area contributed by atoms with Gasteiger partial charge in [-0.1, -0.05) is 12.8 Å². The van der Waals surface area contributed by atoms with E-state index < -0.39 is 0 Å². The number of morpholine rings is 1. The fraction of sp³-hybridized carbons (Fsp3) is 0.667. The molecule has 0 bridgehead atoms. The average molecular weight is 223 g/mol. The quantitative estimate of drug-likeness (QED) is 0.790. The fourth-order valence-corrected chi connectivity index (χ4v) is 3.48. The second kappa shape index (κ2) is 3.89. The predicted octanol–water partition coefficient (Wildman–Crippen LogP) is 2.72. The minimum Gasteiger partial charge on any atom is -0.364 e. The van der Waals surface area contributed by atoms with Crippen molar-refractivity contribution in [2.45, 2.75) is 37.4 Å². The molecule has 2 fully saturated rings. The molecule has 1 aliphatic carbocycles. The molecule has 1 unspecified atom stereocenters. The molecule has 3 heteroatoms. The Bertz CT molecular complexity index is 316. The van der Waals surface area contributed by atoms with Gasteiger partial charge in [-0.3, -0.25) is 0 Å². The molecule has 1 saturated carbocycles. The third-order valence-corrected chi connectivity index (χ3v) is 4.30. The molecule has 0 aromatic carbocycles. The molecule has 15 heavy (non-hydrogen) atoms. The van der Waals surface area contributed by atoms with Crippen molar-refractivity contribution in [1.29, 1.82) is 0 Å². The molecular formula is C12H17NOS. The first-order valence-corrected chi connectivity index (χ1v) is 6.73. The van der Waals surface area contributed by atoms with Gasteiger partial charge in [0.2, 0.25) is 0 Å². The maximum absolute atomic E-state index is 6.32. The van der Waals surface area contributed by atoms with Crippen LogP contribution in [0, 0.1) is 0 Å². The van der Waals surface area contributed by atoms with Crippen molar-refractivity contribution in [2.24, 2.45) is 0 Å². The Morgan fingerprint density at radius 1 is 1.40 bits per heavy atom. The number of hydrogen-bond acceptors (Lipinski definition) is 3. The highest BCUT2D eigenvalue weighted by molar-refractivity contribution is 7.07. The highest BCUT2D eigenvalue weighted by Gasteiger charge is 2.39. The summed E-state index contributed by atoms with van der Waals surface area (Å²) in [6.07, 6.45) is 5.42. The van der Waals surface area contributed by atoms with Gasteiger partial charge in [0.25, 0.3) is 0 Å². The van der Waals surface area contributed by atoms with Gasteiger partial charge in [-0.2, -0.15) is 11.3 Å². The molecule has 2 aliphatic rings. The first-order chi connectivity index (χ1) is 7.38. The molecule has 1 aromatic heterocycles. The van der Waals surface area contributed by atoms with Crippen LogP contribution in [-0.4, -0.2) is 18.7 Å². The molecular weight excluding hydrogens is 206 g/mol. The van der Waals surface area contributed by atoms with E-state index in [1.165, 1.54) is 31.2 Å². The van der Waals surface area contributed by atoms with Crippen LogP contribution in [0.2, 0.25) is 0 Å². The third-order valence-electron chi connectivity index (χ3n) is 3.60. The van der Waals surface area contributed by atoms with Crippen LogP contribution >= 0.6 is 11.3 Å². The molecule has 82 valence electrons. The summed E-state index contributed by atoms with van der Waals surface area (Å²) >= 11 is 1.76. The number of nitrogens with one attached hydrogen (secondary N) is 1. The van der Waals surface area contributed by atoms with Crippen LogP contribution in [-0.2, 0) is 4.74 Å². The van der Waals surface area contributed by atoms with Gasteiger partial charge in [-0.15, -0.1) is 0 Å². The zero-order valence-corrected chi connectivity index (χ0v) is 9.69. The van der Waals surface area contributed by atoms with Gasteiger partial charge in [-0.05, 0) is 35.2 Å². The molecule has 1 saturated heterocycles. The molecule has 2 nitrogen and oxygen atoms in total. The number of ether oxygens (including phenoxy) is 1. The Labute approximate surface area is 94.6 Å². The fourth-order valence-electron chi connectivity index (χ4n) is 2.77. The van der Waals surface area contributed by atoms with Gasteiger partial charge in [0.05, 0.1) is 11.7 Å². The van der Waals surface area contributed by atoms with Crippen molar-refractivity contribution < 1.29 is 4.74 Å². The zero-order chi connectivity index (χ0) is 10.1. The summed E-state index contributed by atoms with van der Waals surface area (Å²) in [6.45, 7) is 2.02. The van der Waals surface area contributed by atoms with Gasteiger partial charge in [-0.25, -0.2) is 0 Å². The van der Waals surface area contributed by atoms with Gasteiger partial charge < -0.3 is 10.1 Å². The highest BCUT2D eigenvalue weighted by Crippen LogP contribution is 2.39. The molecule has 2 heterocycles. The van der Waals surface area contributed by atoms with E-state index in [4.69, 9.17) is 4.74 Å². The van der Waals surface area contributed by atoms with Crippen molar-refractivity contribution >= 4 is 11.3 Å². The summed E-state index contributed by atoms with van der Waals surface area (Å²) in [6, 6.07) is 2.19. The number of hydrogen-bond donors (Lipinski definition) is 1. The second-order valence-electron chi connectivity index (χ2n) is 4.68. The first-order valence-electron chi connectivity index (χ1n) is 5.79. The van der Waals surface area contributed by atoms with Crippen molar-refractivity contribution in [1.82, 2.24) is 5.32 Å². The van der Waals surface area contributed by atoms with Crippen LogP contribution in [0.5, 0.6) is 0 Å². The Hall–Kier alpha value is -0.380. The van der Waals surface area contributed by atoms with Crippen LogP contribution in [0.4, 0.5) is 0 Å². The molecule has 1 spiro atoms. The molecule has 1 atom stereocenters. The Balaban J connectivity index is 1.76. The zero-order valence-electron chi connectivity index (χ0n) is 8.87. The van der Waals surface area contributed by atoms with Gasteiger partial charge in [0, 0.05) is 13.1 Å². The third kappa shape index (κ3) is 1.84. The van der Waals surface area contributed by atoms with Crippen molar-refractivity contribution in [3.63, 3.8) is 0 Å². The lowest BCUT2D eigenvalue weighted by Crippen LogP contribution is -2.49. The lowest BCUT2D eigenvalue weighted by molar-refractivity contribution is -0.114. The lowest BCUT2D eigenvalue weighted by Gasteiger charge is -2.39. The molecule has 0 amide bonds. The second-order valence-corrected chi connectivity index (χ2v) is 5.46. The van der Waals surface area contributed by atoms with Crippen LogP contribution in [0.15, 0.2) is 16.8 Å². The SMILES string of the molecule is c1cc(C2CNCC3(CCCC3)O2)cs1. The topological polar surface area (TPSA) is 21.3 Å². The summed E-state index contributed by atoms with van der Waals surface area (Å²) < 4.78 is 6.32. The van der Waals surface area contributed by atoms with E-state index in [1.807, 2.05) is 0 Å². The Morgan fingerprint density at radius 2 is 2.27 bits per heavy atom. The highest BCUT2D eigenvalue weighted by atomic mass is 32.1. The number of rotatable bonds is 1. The normalized spacial score (nSPS) is 29.7. The van der Waals surface area contributed by atoms with E-state index in [1.54, 1.807) is 11.3 Å². The van der Waals surface area contributed by atoms with Crippen LogP contribution in [0.25, 0.3) is 0 Å². The first kappa shape index (κ1) is 9.82. The maximum atomic E-state index is 6.32. The Morgan fingerprint density at radius 3 is 3.00 bits per heavy atom.